The first kappa shape index (κ1) is 24.6. The van der Waals surface area contributed by atoms with Crippen molar-refractivity contribution >= 4 is 5.71 Å². The molecule has 0 N–H and O–H groups in total. The summed E-state index contributed by atoms with van der Waals surface area (Å²) in [7, 11) is 0. The van der Waals surface area contributed by atoms with E-state index in [0.717, 1.165) is 24.2 Å². The number of benzene rings is 1. The molecule has 35 heavy (non-hydrogen) atoms. The number of ether oxygens (including phenoxy) is 1. The van der Waals surface area contributed by atoms with Gasteiger partial charge < -0.3 is 9.57 Å². The molecule has 1 fully saturated rings. The highest BCUT2D eigenvalue weighted by Crippen LogP contribution is 2.29. The molecule has 2 heterocycles. The van der Waals surface area contributed by atoms with Gasteiger partial charge in [0.05, 0.1) is 17.8 Å². The van der Waals surface area contributed by atoms with Gasteiger partial charge in [-0.3, -0.25) is 0 Å². The van der Waals surface area contributed by atoms with Gasteiger partial charge in [-0.05, 0) is 54.7 Å². The Hall–Kier alpha value is -3.50. The Bertz CT molecular complexity index is 1110. The van der Waals surface area contributed by atoms with Crippen LogP contribution in [-0.2, 0) is 30.8 Å². The smallest absolute Gasteiger partial charge is 0.416 e. The number of tetrazole rings is 1. The number of nitrogens with zero attached hydrogens (tertiary/aromatic N) is 6. The van der Waals surface area contributed by atoms with Crippen molar-refractivity contribution in [1.29, 1.82) is 0 Å². The average molecular weight is 489 g/mol. The van der Waals surface area contributed by atoms with Gasteiger partial charge in [-0.2, -0.15) is 18.0 Å². The number of rotatable bonds is 9. The van der Waals surface area contributed by atoms with Crippen molar-refractivity contribution in [2.24, 2.45) is 11.1 Å². The fourth-order valence-electron chi connectivity index (χ4n) is 3.88. The second-order valence-electron chi connectivity index (χ2n) is 8.58. The van der Waals surface area contributed by atoms with Crippen molar-refractivity contribution in [2.75, 3.05) is 0 Å². The molecular weight excluding hydrogens is 461 g/mol. The van der Waals surface area contributed by atoms with Gasteiger partial charge in [0, 0.05) is 17.8 Å². The van der Waals surface area contributed by atoms with Gasteiger partial charge in [-0.25, -0.2) is 4.98 Å². The van der Waals surface area contributed by atoms with Gasteiger partial charge in [0.15, 0.2) is 6.61 Å². The molecule has 8 nitrogen and oxygen atoms in total. The van der Waals surface area contributed by atoms with Crippen LogP contribution in [-0.4, -0.2) is 30.9 Å². The van der Waals surface area contributed by atoms with E-state index in [1.807, 2.05) is 0 Å². The number of oxime groups is 1. The number of alkyl halides is 3. The second kappa shape index (κ2) is 11.3. The van der Waals surface area contributed by atoms with Crippen molar-refractivity contribution in [1.82, 2.24) is 25.2 Å². The maximum atomic E-state index is 12.6. The minimum Gasteiger partial charge on any atom is -0.469 e. The van der Waals surface area contributed by atoms with Crippen molar-refractivity contribution in [3.8, 4) is 5.88 Å². The molecule has 1 aliphatic carbocycles. The molecule has 0 spiro atoms. The molecule has 0 aliphatic heterocycles. The summed E-state index contributed by atoms with van der Waals surface area (Å²) in [6.07, 6.45) is 3.52. The fraction of sp³-hybridized carbons (Fsp3) is 0.458. The lowest BCUT2D eigenvalue weighted by atomic mass is 9.89. The predicted octanol–water partition coefficient (Wildman–Crippen LogP) is 5.19. The highest BCUT2D eigenvalue weighted by atomic mass is 19.4. The number of aromatic nitrogens is 5. The SMILES string of the molecule is C/C(=N\OCc1ccc(C(F)(F)F)cc1)c1ccc(OCc2nnn(CC3CCCCC3)n2)nc1. The Morgan fingerprint density at radius 3 is 2.51 bits per heavy atom. The normalized spacial score (nSPS) is 15.3. The van der Waals surface area contributed by atoms with Crippen LogP contribution >= 0.6 is 0 Å². The van der Waals surface area contributed by atoms with Crippen LogP contribution in [0.3, 0.4) is 0 Å². The first-order chi connectivity index (χ1) is 16.9. The maximum absolute atomic E-state index is 12.6. The number of hydrogen-bond acceptors (Lipinski definition) is 7. The van der Waals surface area contributed by atoms with Crippen LogP contribution in [0.15, 0.2) is 47.8 Å². The Labute approximate surface area is 201 Å². The van der Waals surface area contributed by atoms with Crippen LogP contribution in [0.25, 0.3) is 0 Å². The van der Waals surface area contributed by atoms with E-state index in [1.165, 1.54) is 44.2 Å². The minimum absolute atomic E-state index is 0.0541. The number of halogens is 3. The van der Waals surface area contributed by atoms with Gasteiger partial charge in [0.2, 0.25) is 11.7 Å². The quantitative estimate of drug-likeness (QED) is 0.304. The van der Waals surface area contributed by atoms with E-state index in [9.17, 15) is 13.2 Å². The Kier molecular flexibility index (Phi) is 7.94. The molecule has 3 aromatic rings. The summed E-state index contributed by atoms with van der Waals surface area (Å²) in [6.45, 7) is 2.76. The van der Waals surface area contributed by atoms with Gasteiger partial charge in [0.25, 0.3) is 0 Å². The van der Waals surface area contributed by atoms with Crippen molar-refractivity contribution in [3.63, 3.8) is 0 Å². The Morgan fingerprint density at radius 1 is 1.06 bits per heavy atom. The summed E-state index contributed by atoms with van der Waals surface area (Å²) in [5.74, 6) is 1.53. The van der Waals surface area contributed by atoms with Crippen molar-refractivity contribution < 1.29 is 22.7 Å². The number of hydrogen-bond donors (Lipinski definition) is 0. The van der Waals surface area contributed by atoms with Crippen LogP contribution in [0.5, 0.6) is 5.88 Å². The maximum Gasteiger partial charge on any atom is 0.416 e. The fourth-order valence-corrected chi connectivity index (χ4v) is 3.88. The minimum atomic E-state index is -4.36. The second-order valence-corrected chi connectivity index (χ2v) is 8.58. The largest absolute Gasteiger partial charge is 0.469 e. The van der Waals surface area contributed by atoms with Crippen LogP contribution in [0, 0.1) is 5.92 Å². The predicted molar refractivity (Wildman–Crippen MR) is 121 cm³/mol. The summed E-state index contributed by atoms with van der Waals surface area (Å²) < 4.78 is 43.6. The molecule has 11 heteroatoms. The highest BCUT2D eigenvalue weighted by molar-refractivity contribution is 5.98. The molecule has 0 saturated heterocycles. The third-order valence-electron chi connectivity index (χ3n) is 5.86. The van der Waals surface area contributed by atoms with E-state index in [2.05, 4.69) is 25.6 Å². The lowest BCUT2D eigenvalue weighted by Crippen LogP contribution is -2.16. The molecule has 1 aromatic carbocycles. The molecule has 0 amide bonds. The molecule has 2 aromatic heterocycles. The lowest BCUT2D eigenvalue weighted by molar-refractivity contribution is -0.137. The monoisotopic (exact) mass is 488 g/mol. The zero-order valence-electron chi connectivity index (χ0n) is 19.4. The molecule has 0 unspecified atom stereocenters. The standard InChI is InChI=1S/C24H27F3N6O2/c1-17(31-35-15-19-7-10-21(11-8-19)24(25,26)27)20-9-12-23(28-13-20)34-16-22-29-32-33(30-22)14-18-5-3-2-4-6-18/h7-13,18H,2-6,14-16H2,1H3/b31-17+. The van der Waals surface area contributed by atoms with E-state index in [0.29, 0.717) is 28.9 Å². The molecule has 0 bridgehead atoms. The van der Waals surface area contributed by atoms with Crippen molar-refractivity contribution in [2.45, 2.75) is 65.0 Å². The summed E-state index contributed by atoms with van der Waals surface area (Å²) in [4.78, 5) is 11.2. The molecule has 1 aliphatic rings. The summed E-state index contributed by atoms with van der Waals surface area (Å²) in [6, 6.07) is 8.26. The topological polar surface area (TPSA) is 87.3 Å². The third kappa shape index (κ3) is 7.24. The lowest BCUT2D eigenvalue weighted by Gasteiger charge is -2.20. The molecule has 186 valence electrons. The number of pyridine rings is 1. The molecule has 0 atom stereocenters. The third-order valence-corrected chi connectivity index (χ3v) is 5.86. The van der Waals surface area contributed by atoms with E-state index >= 15 is 0 Å². The van der Waals surface area contributed by atoms with E-state index < -0.39 is 11.7 Å². The van der Waals surface area contributed by atoms with Crippen LogP contribution in [0.1, 0.15) is 61.5 Å². The van der Waals surface area contributed by atoms with Gasteiger partial charge in [0.1, 0.15) is 6.61 Å². The molecule has 1 saturated carbocycles. The van der Waals surface area contributed by atoms with E-state index in [-0.39, 0.29) is 13.2 Å². The Balaban J connectivity index is 1.23. The average Bonchev–Trinajstić information content (AvgIpc) is 3.30. The molecule has 0 radical (unpaired) electrons. The van der Waals surface area contributed by atoms with Crippen LogP contribution < -0.4 is 4.74 Å². The van der Waals surface area contributed by atoms with Gasteiger partial charge in [-0.15, -0.1) is 10.2 Å². The summed E-state index contributed by atoms with van der Waals surface area (Å²) >= 11 is 0. The zero-order chi connectivity index (χ0) is 24.7. The first-order valence-electron chi connectivity index (χ1n) is 11.6. The van der Waals surface area contributed by atoms with E-state index in [1.54, 1.807) is 30.0 Å². The summed E-state index contributed by atoms with van der Waals surface area (Å²) in [5, 5.41) is 16.6. The molecule has 4 rings (SSSR count). The zero-order valence-corrected chi connectivity index (χ0v) is 19.4. The van der Waals surface area contributed by atoms with Crippen molar-refractivity contribution in [3.05, 3.63) is 65.1 Å². The van der Waals surface area contributed by atoms with E-state index in [4.69, 9.17) is 9.57 Å². The van der Waals surface area contributed by atoms with Crippen LogP contribution in [0.4, 0.5) is 13.2 Å². The summed E-state index contributed by atoms with van der Waals surface area (Å²) in [5.41, 5.74) is 1.18. The van der Waals surface area contributed by atoms with Gasteiger partial charge >= 0.3 is 6.18 Å². The first-order valence-corrected chi connectivity index (χ1v) is 11.6. The molecular formula is C24H27F3N6O2. The van der Waals surface area contributed by atoms with Crippen LogP contribution in [0.2, 0.25) is 0 Å². The Morgan fingerprint density at radius 2 is 1.83 bits per heavy atom. The highest BCUT2D eigenvalue weighted by Gasteiger charge is 2.29. The van der Waals surface area contributed by atoms with Gasteiger partial charge in [-0.1, -0.05) is 36.6 Å².